The van der Waals surface area contributed by atoms with Gasteiger partial charge in [-0.05, 0) is 56.0 Å². The van der Waals surface area contributed by atoms with E-state index in [4.69, 9.17) is 4.74 Å². The lowest BCUT2D eigenvalue weighted by atomic mass is 10.1. The summed E-state index contributed by atoms with van der Waals surface area (Å²) >= 11 is 1.62. The normalized spacial score (nSPS) is 14.5. The fourth-order valence-corrected chi connectivity index (χ4v) is 3.48. The van der Waals surface area contributed by atoms with Gasteiger partial charge in [0.2, 0.25) is 10.0 Å². The minimum absolute atomic E-state index is 0.00994. The number of hydrogen-bond acceptors (Lipinski definition) is 5. The standard InChI is InChI=1S/C15H25NO4S2/c1-4-10-20-13-5-7-14(8-6-13)22(18,19)16-12-15(2,17)9-11-21-3/h5-8,16-17H,4,9-12H2,1-3H3. The van der Waals surface area contributed by atoms with E-state index in [1.54, 1.807) is 30.8 Å². The van der Waals surface area contributed by atoms with Crippen molar-refractivity contribution >= 4 is 21.8 Å². The first-order chi connectivity index (χ1) is 10.3. The molecule has 0 aliphatic rings. The zero-order chi connectivity index (χ0) is 16.6. The van der Waals surface area contributed by atoms with Gasteiger partial charge in [-0.25, -0.2) is 13.1 Å². The van der Waals surface area contributed by atoms with Gasteiger partial charge >= 0.3 is 0 Å². The molecule has 1 unspecified atom stereocenters. The van der Waals surface area contributed by atoms with Crippen LogP contribution < -0.4 is 9.46 Å². The first-order valence-electron chi connectivity index (χ1n) is 7.24. The summed E-state index contributed by atoms with van der Waals surface area (Å²) < 4.78 is 32.3. The van der Waals surface area contributed by atoms with Crippen LogP contribution in [0.3, 0.4) is 0 Å². The van der Waals surface area contributed by atoms with Crippen molar-refractivity contribution in [1.82, 2.24) is 4.72 Å². The Kier molecular flexibility index (Phi) is 7.68. The minimum atomic E-state index is -3.63. The van der Waals surface area contributed by atoms with Gasteiger partial charge in [0, 0.05) is 6.54 Å². The molecule has 2 N–H and O–H groups in total. The number of ether oxygens (including phenoxy) is 1. The van der Waals surface area contributed by atoms with Crippen molar-refractivity contribution in [3.8, 4) is 5.75 Å². The number of sulfonamides is 1. The number of benzene rings is 1. The Morgan fingerprint density at radius 1 is 1.32 bits per heavy atom. The first-order valence-corrected chi connectivity index (χ1v) is 10.1. The number of thioether (sulfide) groups is 1. The Bertz CT molecular complexity index is 541. The Hall–Kier alpha value is -0.760. The lowest BCUT2D eigenvalue weighted by Gasteiger charge is -2.23. The Morgan fingerprint density at radius 2 is 1.95 bits per heavy atom. The van der Waals surface area contributed by atoms with Crippen LogP contribution in [-0.2, 0) is 10.0 Å². The summed E-state index contributed by atoms with van der Waals surface area (Å²) in [5.41, 5.74) is -1.06. The topological polar surface area (TPSA) is 75.6 Å². The summed E-state index contributed by atoms with van der Waals surface area (Å²) in [6.45, 7) is 4.23. The smallest absolute Gasteiger partial charge is 0.240 e. The molecule has 0 aromatic heterocycles. The van der Waals surface area contributed by atoms with Gasteiger partial charge in [0.25, 0.3) is 0 Å². The van der Waals surface area contributed by atoms with Crippen LogP contribution in [0.15, 0.2) is 29.2 Å². The van der Waals surface area contributed by atoms with Gasteiger partial charge in [-0.1, -0.05) is 6.92 Å². The third-order valence-corrected chi connectivity index (χ3v) is 5.12. The maximum absolute atomic E-state index is 12.2. The van der Waals surface area contributed by atoms with Crippen LogP contribution in [0.4, 0.5) is 0 Å². The summed E-state index contributed by atoms with van der Waals surface area (Å²) in [7, 11) is -3.63. The Balaban J connectivity index is 2.66. The van der Waals surface area contributed by atoms with E-state index in [0.717, 1.165) is 12.2 Å². The van der Waals surface area contributed by atoms with Crippen molar-refractivity contribution in [3.05, 3.63) is 24.3 Å². The number of nitrogens with one attached hydrogen (secondary N) is 1. The van der Waals surface area contributed by atoms with Gasteiger partial charge < -0.3 is 9.84 Å². The van der Waals surface area contributed by atoms with Crippen LogP contribution in [-0.4, -0.2) is 44.3 Å². The molecule has 0 aliphatic carbocycles. The lowest BCUT2D eigenvalue weighted by Crippen LogP contribution is -2.40. The summed E-state index contributed by atoms with van der Waals surface area (Å²) in [5.74, 6) is 1.42. The van der Waals surface area contributed by atoms with Crippen molar-refractivity contribution < 1.29 is 18.3 Å². The van der Waals surface area contributed by atoms with E-state index in [2.05, 4.69) is 4.72 Å². The minimum Gasteiger partial charge on any atom is -0.494 e. The molecule has 1 aromatic rings. The summed E-state index contributed by atoms with van der Waals surface area (Å²) in [5, 5.41) is 10.1. The van der Waals surface area contributed by atoms with E-state index in [-0.39, 0.29) is 11.4 Å². The van der Waals surface area contributed by atoms with Gasteiger partial charge in [0.05, 0.1) is 17.1 Å². The molecule has 7 heteroatoms. The third-order valence-electron chi connectivity index (χ3n) is 3.09. The van der Waals surface area contributed by atoms with Gasteiger partial charge in [-0.15, -0.1) is 0 Å². The summed E-state index contributed by atoms with van der Waals surface area (Å²) in [6, 6.07) is 6.28. The van der Waals surface area contributed by atoms with Crippen LogP contribution in [0, 0.1) is 0 Å². The van der Waals surface area contributed by atoms with Crippen molar-refractivity contribution in [2.75, 3.05) is 25.2 Å². The maximum Gasteiger partial charge on any atom is 0.240 e. The van der Waals surface area contributed by atoms with Crippen LogP contribution in [0.2, 0.25) is 0 Å². The van der Waals surface area contributed by atoms with E-state index >= 15 is 0 Å². The fourth-order valence-electron chi connectivity index (χ4n) is 1.68. The molecular formula is C15H25NO4S2. The van der Waals surface area contributed by atoms with Gasteiger partial charge in [0.1, 0.15) is 5.75 Å². The molecule has 22 heavy (non-hydrogen) atoms. The third kappa shape index (κ3) is 6.56. The second kappa shape index (κ2) is 8.76. The number of rotatable bonds is 10. The lowest BCUT2D eigenvalue weighted by molar-refractivity contribution is 0.0626. The first kappa shape index (κ1) is 19.3. The number of aliphatic hydroxyl groups is 1. The highest BCUT2D eigenvalue weighted by molar-refractivity contribution is 7.98. The molecule has 0 heterocycles. The monoisotopic (exact) mass is 347 g/mol. The molecule has 0 fully saturated rings. The Morgan fingerprint density at radius 3 is 2.50 bits per heavy atom. The second-order valence-corrected chi connectivity index (χ2v) is 8.14. The summed E-state index contributed by atoms with van der Waals surface area (Å²) in [4.78, 5) is 0.164. The van der Waals surface area contributed by atoms with E-state index in [9.17, 15) is 13.5 Å². The van der Waals surface area contributed by atoms with Crippen molar-refractivity contribution in [1.29, 1.82) is 0 Å². The van der Waals surface area contributed by atoms with Crippen LogP contribution in [0.25, 0.3) is 0 Å². The molecule has 5 nitrogen and oxygen atoms in total. The molecule has 0 spiro atoms. The van der Waals surface area contributed by atoms with Gasteiger partial charge in [-0.3, -0.25) is 0 Å². The zero-order valence-electron chi connectivity index (χ0n) is 13.3. The van der Waals surface area contributed by atoms with E-state index < -0.39 is 15.6 Å². The van der Waals surface area contributed by atoms with Crippen LogP contribution >= 0.6 is 11.8 Å². The molecule has 1 atom stereocenters. The molecule has 126 valence electrons. The predicted octanol–water partition coefficient (Wildman–Crippen LogP) is 2.26. The predicted molar refractivity (Wildman–Crippen MR) is 91.0 cm³/mol. The Labute approximate surface area is 137 Å². The molecule has 1 rings (SSSR count). The average molecular weight is 348 g/mol. The van der Waals surface area contributed by atoms with Gasteiger partial charge in [0.15, 0.2) is 0 Å². The number of hydrogen-bond donors (Lipinski definition) is 2. The van der Waals surface area contributed by atoms with E-state index in [1.807, 2.05) is 13.2 Å². The van der Waals surface area contributed by atoms with Crippen LogP contribution in [0.1, 0.15) is 26.7 Å². The SMILES string of the molecule is CCCOc1ccc(S(=O)(=O)NCC(C)(O)CCSC)cc1. The highest BCUT2D eigenvalue weighted by Gasteiger charge is 2.23. The molecule has 0 saturated carbocycles. The van der Waals surface area contributed by atoms with Crippen molar-refractivity contribution in [2.24, 2.45) is 0 Å². The van der Waals surface area contributed by atoms with Crippen molar-refractivity contribution in [3.63, 3.8) is 0 Å². The molecule has 0 radical (unpaired) electrons. The molecular weight excluding hydrogens is 322 g/mol. The van der Waals surface area contributed by atoms with Crippen molar-refractivity contribution in [2.45, 2.75) is 37.2 Å². The van der Waals surface area contributed by atoms with E-state index in [0.29, 0.717) is 18.8 Å². The van der Waals surface area contributed by atoms with E-state index in [1.165, 1.54) is 12.1 Å². The summed E-state index contributed by atoms with van der Waals surface area (Å²) in [6.07, 6.45) is 3.37. The molecule has 1 aromatic carbocycles. The van der Waals surface area contributed by atoms with Gasteiger partial charge in [-0.2, -0.15) is 11.8 Å². The fraction of sp³-hybridized carbons (Fsp3) is 0.600. The highest BCUT2D eigenvalue weighted by atomic mass is 32.2. The molecule has 0 amide bonds. The van der Waals surface area contributed by atoms with Crippen LogP contribution in [0.5, 0.6) is 5.75 Å². The quantitative estimate of drug-likeness (QED) is 0.679. The highest BCUT2D eigenvalue weighted by Crippen LogP contribution is 2.17. The maximum atomic E-state index is 12.2. The molecule has 0 saturated heterocycles. The average Bonchev–Trinajstić information content (AvgIpc) is 2.50. The largest absolute Gasteiger partial charge is 0.494 e. The molecule has 0 bridgehead atoms. The second-order valence-electron chi connectivity index (χ2n) is 5.38. The zero-order valence-corrected chi connectivity index (χ0v) is 15.0. The molecule has 0 aliphatic heterocycles.